The summed E-state index contributed by atoms with van der Waals surface area (Å²) >= 11 is 0. The Labute approximate surface area is 246 Å². The Balaban J connectivity index is 1.50. The number of nitrogens with zero attached hydrogens (tertiary/aromatic N) is 2. The standard InChI is InChI=1S/C34H36N4O4/c1-3-37(19-21-39)25-13-9-23(10-14-25)35-29-17-18-30(36-24-11-15-26(16-12-24)38(4-2)20-22-40)32-31(29)33(41)27-7-5-6-8-28(27)34(32)42/h5-18,35-36,39-40H,3-4,19-22H2,1-2H3. The zero-order valence-corrected chi connectivity index (χ0v) is 23.9. The summed E-state index contributed by atoms with van der Waals surface area (Å²) in [5, 5.41) is 25.4. The molecule has 42 heavy (non-hydrogen) atoms. The van der Waals surface area contributed by atoms with Gasteiger partial charge in [-0.15, -0.1) is 0 Å². The number of hydrogen-bond donors (Lipinski definition) is 4. The molecule has 0 atom stereocenters. The molecular formula is C34H36N4O4. The number of likely N-dealkylation sites (N-methyl/N-ethyl adjacent to an activating group) is 2. The van der Waals surface area contributed by atoms with Gasteiger partial charge in [0.2, 0.25) is 0 Å². The van der Waals surface area contributed by atoms with Gasteiger partial charge in [0, 0.05) is 60.1 Å². The van der Waals surface area contributed by atoms with E-state index in [1.165, 1.54) is 0 Å². The molecule has 0 amide bonds. The van der Waals surface area contributed by atoms with E-state index >= 15 is 0 Å². The molecule has 0 bridgehead atoms. The maximum Gasteiger partial charge on any atom is 0.196 e. The predicted molar refractivity (Wildman–Crippen MR) is 169 cm³/mol. The molecule has 1 aliphatic carbocycles. The van der Waals surface area contributed by atoms with E-state index < -0.39 is 0 Å². The van der Waals surface area contributed by atoms with Gasteiger partial charge >= 0.3 is 0 Å². The molecule has 0 radical (unpaired) electrons. The van der Waals surface area contributed by atoms with Crippen molar-refractivity contribution in [3.63, 3.8) is 0 Å². The van der Waals surface area contributed by atoms with E-state index in [1.54, 1.807) is 24.3 Å². The van der Waals surface area contributed by atoms with Crippen molar-refractivity contribution in [2.45, 2.75) is 13.8 Å². The molecule has 0 heterocycles. The fourth-order valence-electron chi connectivity index (χ4n) is 5.43. The number of carbonyl (C=O) groups is 2. The van der Waals surface area contributed by atoms with Crippen LogP contribution in [-0.4, -0.2) is 61.2 Å². The van der Waals surface area contributed by atoms with Crippen LogP contribution in [0.5, 0.6) is 0 Å². The van der Waals surface area contributed by atoms with E-state index in [2.05, 4.69) is 20.4 Å². The monoisotopic (exact) mass is 564 g/mol. The van der Waals surface area contributed by atoms with Gasteiger partial charge in [-0.05, 0) is 74.5 Å². The van der Waals surface area contributed by atoms with Gasteiger partial charge in [-0.3, -0.25) is 9.59 Å². The van der Waals surface area contributed by atoms with Gasteiger partial charge in [0.05, 0.1) is 35.7 Å². The van der Waals surface area contributed by atoms with Crippen molar-refractivity contribution in [1.82, 2.24) is 0 Å². The van der Waals surface area contributed by atoms with Crippen LogP contribution in [0.4, 0.5) is 34.1 Å². The molecule has 0 saturated heterocycles. The molecule has 216 valence electrons. The Kier molecular flexibility index (Phi) is 8.85. The van der Waals surface area contributed by atoms with Crippen LogP contribution in [0.25, 0.3) is 0 Å². The average Bonchev–Trinajstić information content (AvgIpc) is 3.03. The molecule has 0 saturated carbocycles. The summed E-state index contributed by atoms with van der Waals surface area (Å²) in [6, 6.07) is 26.2. The number of hydrogen-bond acceptors (Lipinski definition) is 8. The molecule has 8 nitrogen and oxygen atoms in total. The summed E-state index contributed by atoms with van der Waals surface area (Å²) in [6.07, 6.45) is 0. The number of anilines is 6. The highest BCUT2D eigenvalue weighted by Gasteiger charge is 2.34. The van der Waals surface area contributed by atoms with Crippen molar-refractivity contribution in [1.29, 1.82) is 0 Å². The van der Waals surface area contributed by atoms with Gasteiger partial charge in [-0.1, -0.05) is 24.3 Å². The quantitative estimate of drug-likeness (QED) is 0.156. The van der Waals surface area contributed by atoms with Crippen molar-refractivity contribution < 1.29 is 19.8 Å². The van der Waals surface area contributed by atoms with E-state index in [0.717, 1.165) is 35.8 Å². The molecule has 0 spiro atoms. The maximum atomic E-state index is 13.9. The minimum atomic E-state index is -0.207. The van der Waals surface area contributed by atoms with E-state index in [0.29, 0.717) is 46.7 Å². The maximum absolute atomic E-state index is 13.9. The Morgan fingerprint density at radius 3 is 1.29 bits per heavy atom. The lowest BCUT2D eigenvalue weighted by atomic mass is 9.82. The molecule has 1 aliphatic rings. The molecular weight excluding hydrogens is 528 g/mol. The Morgan fingerprint density at radius 2 is 0.952 bits per heavy atom. The van der Waals surface area contributed by atoms with Crippen LogP contribution in [0.2, 0.25) is 0 Å². The van der Waals surface area contributed by atoms with E-state index in [-0.39, 0.29) is 24.8 Å². The number of carbonyl (C=O) groups excluding carboxylic acids is 2. The Morgan fingerprint density at radius 1 is 0.571 bits per heavy atom. The van der Waals surface area contributed by atoms with Gasteiger partial charge in [-0.2, -0.15) is 0 Å². The third kappa shape index (κ3) is 5.72. The van der Waals surface area contributed by atoms with Crippen LogP contribution in [0.1, 0.15) is 45.7 Å². The van der Waals surface area contributed by atoms with Crippen LogP contribution >= 0.6 is 0 Å². The van der Waals surface area contributed by atoms with Gasteiger partial charge in [-0.25, -0.2) is 0 Å². The summed E-state index contributed by atoms with van der Waals surface area (Å²) in [4.78, 5) is 31.9. The summed E-state index contributed by atoms with van der Waals surface area (Å²) in [5.41, 5.74) is 6.08. The van der Waals surface area contributed by atoms with Crippen molar-refractivity contribution >= 4 is 45.7 Å². The smallest absolute Gasteiger partial charge is 0.196 e. The number of fused-ring (bicyclic) bond motifs is 2. The predicted octanol–water partition coefficient (Wildman–Crippen LogP) is 5.59. The number of ketones is 2. The number of nitrogens with one attached hydrogen (secondary N) is 2. The van der Waals surface area contributed by atoms with Gasteiger partial charge in [0.25, 0.3) is 0 Å². The average molecular weight is 565 g/mol. The van der Waals surface area contributed by atoms with Crippen molar-refractivity contribution in [2.75, 3.05) is 59.8 Å². The van der Waals surface area contributed by atoms with Gasteiger partial charge in [0.1, 0.15) is 0 Å². The summed E-state index contributed by atoms with van der Waals surface area (Å²) < 4.78 is 0. The topological polar surface area (TPSA) is 105 Å². The van der Waals surface area contributed by atoms with Crippen LogP contribution < -0.4 is 20.4 Å². The number of aliphatic hydroxyl groups excluding tert-OH is 2. The first kappa shape index (κ1) is 28.9. The van der Waals surface area contributed by atoms with Crippen LogP contribution in [0.15, 0.2) is 84.9 Å². The first-order valence-corrected chi connectivity index (χ1v) is 14.3. The normalized spacial score (nSPS) is 12.0. The largest absolute Gasteiger partial charge is 0.395 e. The lowest BCUT2D eigenvalue weighted by molar-refractivity contribution is 0.0980. The minimum Gasteiger partial charge on any atom is -0.395 e. The summed E-state index contributed by atoms with van der Waals surface area (Å²) in [6.45, 7) is 6.85. The third-order valence-corrected chi connectivity index (χ3v) is 7.60. The zero-order valence-electron chi connectivity index (χ0n) is 23.9. The Bertz CT molecular complexity index is 1450. The summed E-state index contributed by atoms with van der Waals surface area (Å²) in [5.74, 6) is -0.415. The molecule has 4 aromatic carbocycles. The highest BCUT2D eigenvalue weighted by atomic mass is 16.3. The first-order chi connectivity index (χ1) is 20.5. The van der Waals surface area contributed by atoms with Crippen LogP contribution in [0.3, 0.4) is 0 Å². The van der Waals surface area contributed by atoms with Crippen LogP contribution in [-0.2, 0) is 0 Å². The van der Waals surface area contributed by atoms with Crippen molar-refractivity contribution in [2.24, 2.45) is 0 Å². The molecule has 0 aromatic heterocycles. The number of benzene rings is 4. The second-order valence-electron chi connectivity index (χ2n) is 10.1. The second-order valence-corrected chi connectivity index (χ2v) is 10.1. The van der Waals surface area contributed by atoms with Crippen LogP contribution in [0, 0.1) is 0 Å². The molecule has 4 aromatic rings. The second kappa shape index (κ2) is 12.9. The zero-order chi connectivity index (χ0) is 29.6. The molecule has 0 unspecified atom stereocenters. The van der Waals surface area contributed by atoms with Crippen molar-refractivity contribution in [3.05, 3.63) is 107 Å². The first-order valence-electron chi connectivity index (χ1n) is 14.3. The van der Waals surface area contributed by atoms with E-state index in [4.69, 9.17) is 0 Å². The number of rotatable bonds is 12. The lowest BCUT2D eigenvalue weighted by Crippen LogP contribution is -2.26. The van der Waals surface area contributed by atoms with Crippen molar-refractivity contribution in [3.8, 4) is 0 Å². The fourth-order valence-corrected chi connectivity index (χ4v) is 5.43. The minimum absolute atomic E-state index is 0.0724. The van der Waals surface area contributed by atoms with Gasteiger partial charge in [0.15, 0.2) is 11.6 Å². The summed E-state index contributed by atoms with van der Waals surface area (Å²) in [7, 11) is 0. The fraction of sp³-hybridized carbons (Fsp3) is 0.235. The molecule has 0 aliphatic heterocycles. The number of aliphatic hydroxyl groups is 2. The van der Waals surface area contributed by atoms with E-state index in [9.17, 15) is 19.8 Å². The molecule has 4 N–H and O–H groups in total. The Hall–Kier alpha value is -4.66. The van der Waals surface area contributed by atoms with Gasteiger partial charge < -0.3 is 30.6 Å². The molecule has 5 rings (SSSR count). The SMILES string of the molecule is CCN(CCO)c1ccc(Nc2ccc(Nc3ccc(N(CC)CCO)cc3)c3c2C(=O)c2ccccc2C3=O)cc1. The highest BCUT2D eigenvalue weighted by Crippen LogP contribution is 2.39. The molecule has 8 heteroatoms. The lowest BCUT2D eigenvalue weighted by Gasteiger charge is -2.25. The van der Waals surface area contributed by atoms with E-state index in [1.807, 2.05) is 74.5 Å². The highest BCUT2D eigenvalue weighted by molar-refractivity contribution is 6.32. The third-order valence-electron chi connectivity index (χ3n) is 7.60. The molecule has 0 fully saturated rings.